The van der Waals surface area contributed by atoms with Gasteiger partial charge in [0.05, 0.1) is 11.7 Å². The molecule has 5 nitrogen and oxygen atoms in total. The molecule has 0 radical (unpaired) electrons. The van der Waals surface area contributed by atoms with Gasteiger partial charge < -0.3 is 9.64 Å². The molecule has 0 atom stereocenters. The lowest BCUT2D eigenvalue weighted by Gasteiger charge is -2.37. The molecule has 2 aromatic rings. The van der Waals surface area contributed by atoms with Crippen molar-refractivity contribution in [2.75, 3.05) is 26.7 Å². The molecule has 1 saturated carbocycles. The Morgan fingerprint density at radius 2 is 1.90 bits per heavy atom. The van der Waals surface area contributed by atoms with Gasteiger partial charge in [0.1, 0.15) is 5.75 Å². The quantitative estimate of drug-likeness (QED) is 0.715. The molecular weight excluding hydrogens is 362 g/mol. The number of amides is 1. The fourth-order valence-corrected chi connectivity index (χ4v) is 4.37. The molecule has 1 amide bonds. The van der Waals surface area contributed by atoms with Gasteiger partial charge in [-0.25, -0.2) is 0 Å². The first-order valence-corrected chi connectivity index (χ1v) is 10.7. The number of ether oxygens (including phenoxy) is 1. The van der Waals surface area contributed by atoms with Gasteiger partial charge in [0, 0.05) is 32.0 Å². The van der Waals surface area contributed by atoms with E-state index in [1.54, 1.807) is 6.20 Å². The molecule has 0 bridgehead atoms. The average Bonchev–Trinajstić information content (AvgIpc) is 3.20. The summed E-state index contributed by atoms with van der Waals surface area (Å²) in [6, 6.07) is 12.2. The summed E-state index contributed by atoms with van der Waals surface area (Å²) in [5.74, 6) is 1.50. The van der Waals surface area contributed by atoms with Gasteiger partial charge >= 0.3 is 0 Å². The molecule has 1 aromatic heterocycles. The average molecular weight is 394 g/mol. The fourth-order valence-electron chi connectivity index (χ4n) is 4.37. The van der Waals surface area contributed by atoms with E-state index < -0.39 is 0 Å². The lowest BCUT2D eigenvalue weighted by Crippen LogP contribution is -2.42. The first kappa shape index (κ1) is 19.9. The van der Waals surface area contributed by atoms with Crippen molar-refractivity contribution >= 4 is 5.91 Å². The highest BCUT2D eigenvalue weighted by molar-refractivity contribution is 5.95. The molecule has 0 unspecified atom stereocenters. The molecule has 1 saturated heterocycles. The minimum atomic E-state index is 0.0496. The zero-order valence-corrected chi connectivity index (χ0v) is 17.5. The number of rotatable bonds is 7. The van der Waals surface area contributed by atoms with E-state index in [1.807, 2.05) is 31.0 Å². The number of hydrogen-bond donors (Lipinski definition) is 0. The van der Waals surface area contributed by atoms with Crippen LogP contribution >= 0.6 is 0 Å². The van der Waals surface area contributed by atoms with Crippen molar-refractivity contribution in [2.45, 2.75) is 45.3 Å². The number of pyridine rings is 1. The fraction of sp³-hybridized carbons (Fsp3) is 0.500. The van der Waals surface area contributed by atoms with Crippen LogP contribution in [0.4, 0.5) is 0 Å². The summed E-state index contributed by atoms with van der Waals surface area (Å²) in [5.41, 5.74) is 2.83. The number of aryl methyl sites for hydroxylation is 1. The zero-order valence-electron chi connectivity index (χ0n) is 17.5. The van der Waals surface area contributed by atoms with E-state index in [0.717, 1.165) is 37.4 Å². The monoisotopic (exact) mass is 393 g/mol. The summed E-state index contributed by atoms with van der Waals surface area (Å²) in [6.07, 6.45) is 6.63. The summed E-state index contributed by atoms with van der Waals surface area (Å²) in [4.78, 5) is 21.2. The van der Waals surface area contributed by atoms with Gasteiger partial charge in [-0.1, -0.05) is 12.1 Å². The van der Waals surface area contributed by atoms with Gasteiger partial charge in [-0.05, 0) is 81.4 Å². The van der Waals surface area contributed by atoms with Gasteiger partial charge in [-0.15, -0.1) is 0 Å². The maximum absolute atomic E-state index is 12.6. The third-order valence-corrected chi connectivity index (χ3v) is 6.14. The number of carbonyl (C=O) groups is 1. The van der Waals surface area contributed by atoms with Crippen LogP contribution in [0, 0.1) is 12.8 Å². The molecule has 1 aliphatic carbocycles. The highest BCUT2D eigenvalue weighted by Crippen LogP contribution is 2.32. The topological polar surface area (TPSA) is 45.7 Å². The summed E-state index contributed by atoms with van der Waals surface area (Å²) >= 11 is 0. The molecule has 1 aromatic carbocycles. The number of nitrogens with zero attached hydrogens (tertiary/aromatic N) is 3. The molecule has 5 heteroatoms. The first-order chi connectivity index (χ1) is 14.1. The Kier molecular flexibility index (Phi) is 6.14. The maximum Gasteiger partial charge on any atom is 0.255 e. The molecular formula is C24H31N3O2. The van der Waals surface area contributed by atoms with Crippen LogP contribution in [0.3, 0.4) is 0 Å². The molecule has 4 rings (SSSR count). The number of likely N-dealkylation sites (tertiary alicyclic amines) is 1. The second kappa shape index (κ2) is 8.95. The van der Waals surface area contributed by atoms with Gasteiger partial charge in [-0.3, -0.25) is 14.7 Å². The van der Waals surface area contributed by atoms with E-state index in [1.165, 1.54) is 31.5 Å². The Bertz CT molecular complexity index is 824. The largest absolute Gasteiger partial charge is 0.490 e. The van der Waals surface area contributed by atoms with Crippen LogP contribution in [0.15, 0.2) is 42.6 Å². The normalized spacial score (nSPS) is 21.6. The Labute approximate surface area is 173 Å². The summed E-state index contributed by atoms with van der Waals surface area (Å²) in [7, 11) is 1.88. The van der Waals surface area contributed by atoms with Crippen molar-refractivity contribution in [3.63, 3.8) is 0 Å². The lowest BCUT2D eigenvalue weighted by molar-refractivity contribution is 0.0418. The van der Waals surface area contributed by atoms with Crippen LogP contribution in [0.1, 0.15) is 47.3 Å². The molecule has 2 aliphatic rings. The standard InChI is InChI=1S/C24H31N3O2/c1-18-23(6-5-11-25-18)24(28)26(2)16-20-14-22(15-20)29-21-9-7-19(8-10-21)17-27-12-3-4-13-27/h5-11,20,22H,3-4,12-17H2,1-2H3. The Balaban J connectivity index is 1.21. The van der Waals surface area contributed by atoms with Gasteiger partial charge in [-0.2, -0.15) is 0 Å². The van der Waals surface area contributed by atoms with Crippen LogP contribution in [0.2, 0.25) is 0 Å². The van der Waals surface area contributed by atoms with Crippen LogP contribution < -0.4 is 4.74 Å². The lowest BCUT2D eigenvalue weighted by atomic mass is 9.82. The van der Waals surface area contributed by atoms with E-state index in [0.29, 0.717) is 11.5 Å². The SMILES string of the molecule is Cc1ncccc1C(=O)N(C)CC1CC(Oc2ccc(CN3CCCC3)cc2)C1. The van der Waals surface area contributed by atoms with Gasteiger partial charge in [0.25, 0.3) is 5.91 Å². The number of benzene rings is 1. The summed E-state index contributed by atoms with van der Waals surface area (Å²) < 4.78 is 6.12. The van der Waals surface area contributed by atoms with Crippen molar-refractivity contribution in [2.24, 2.45) is 5.92 Å². The number of hydrogen-bond acceptors (Lipinski definition) is 4. The van der Waals surface area contributed by atoms with Crippen molar-refractivity contribution in [3.05, 3.63) is 59.4 Å². The van der Waals surface area contributed by atoms with Crippen LogP contribution in [0.5, 0.6) is 5.75 Å². The zero-order chi connectivity index (χ0) is 20.2. The molecule has 0 N–H and O–H groups in total. The van der Waals surface area contributed by atoms with Crippen LogP contribution in [0.25, 0.3) is 0 Å². The minimum Gasteiger partial charge on any atom is -0.490 e. The van der Waals surface area contributed by atoms with E-state index in [-0.39, 0.29) is 12.0 Å². The third-order valence-electron chi connectivity index (χ3n) is 6.14. The molecule has 2 heterocycles. The summed E-state index contributed by atoms with van der Waals surface area (Å²) in [5, 5.41) is 0. The minimum absolute atomic E-state index is 0.0496. The molecule has 2 fully saturated rings. The number of carbonyl (C=O) groups excluding carboxylic acids is 1. The first-order valence-electron chi connectivity index (χ1n) is 10.7. The second-order valence-electron chi connectivity index (χ2n) is 8.53. The smallest absolute Gasteiger partial charge is 0.255 e. The molecule has 0 spiro atoms. The predicted molar refractivity (Wildman–Crippen MR) is 114 cm³/mol. The van der Waals surface area contributed by atoms with Crippen molar-refractivity contribution in [3.8, 4) is 5.75 Å². The Hall–Kier alpha value is -2.40. The third kappa shape index (κ3) is 4.96. The van der Waals surface area contributed by atoms with E-state index in [2.05, 4.69) is 34.1 Å². The highest BCUT2D eigenvalue weighted by Gasteiger charge is 2.32. The number of aromatic nitrogens is 1. The van der Waals surface area contributed by atoms with E-state index in [9.17, 15) is 4.79 Å². The Morgan fingerprint density at radius 3 is 2.59 bits per heavy atom. The van der Waals surface area contributed by atoms with Crippen molar-refractivity contribution in [1.29, 1.82) is 0 Å². The predicted octanol–water partition coefficient (Wildman–Crippen LogP) is 3.92. The van der Waals surface area contributed by atoms with Crippen molar-refractivity contribution < 1.29 is 9.53 Å². The van der Waals surface area contributed by atoms with Crippen molar-refractivity contribution in [1.82, 2.24) is 14.8 Å². The van der Waals surface area contributed by atoms with Gasteiger partial charge in [0.2, 0.25) is 0 Å². The van der Waals surface area contributed by atoms with E-state index >= 15 is 0 Å². The maximum atomic E-state index is 12.6. The highest BCUT2D eigenvalue weighted by atomic mass is 16.5. The molecule has 29 heavy (non-hydrogen) atoms. The van der Waals surface area contributed by atoms with Gasteiger partial charge in [0.15, 0.2) is 0 Å². The van der Waals surface area contributed by atoms with Crippen LogP contribution in [-0.2, 0) is 6.54 Å². The summed E-state index contributed by atoms with van der Waals surface area (Å²) in [6.45, 7) is 6.13. The molecule has 1 aliphatic heterocycles. The Morgan fingerprint density at radius 1 is 1.17 bits per heavy atom. The molecule has 154 valence electrons. The van der Waals surface area contributed by atoms with Crippen LogP contribution in [-0.4, -0.2) is 53.5 Å². The second-order valence-corrected chi connectivity index (χ2v) is 8.53. The van der Waals surface area contributed by atoms with E-state index in [4.69, 9.17) is 4.74 Å².